The Kier molecular flexibility index (Phi) is 7.88. The summed E-state index contributed by atoms with van der Waals surface area (Å²) in [5.41, 5.74) is 2.05. The number of aromatic nitrogens is 3. The molecule has 0 radical (unpaired) electrons. The highest BCUT2D eigenvalue weighted by atomic mass is 16.5. The first-order chi connectivity index (χ1) is 14.7. The maximum atomic E-state index is 5.66. The molecule has 0 fully saturated rings. The van der Waals surface area contributed by atoms with Gasteiger partial charge in [-0.2, -0.15) is 0 Å². The highest BCUT2D eigenvalue weighted by molar-refractivity contribution is 5.79. The summed E-state index contributed by atoms with van der Waals surface area (Å²) in [6.45, 7) is 6.70. The Bertz CT molecular complexity index is 969. The molecule has 0 bridgehead atoms. The fourth-order valence-corrected chi connectivity index (χ4v) is 3.13. The minimum Gasteiger partial charge on any atom is -0.493 e. The average Bonchev–Trinajstić information content (AvgIpc) is 3.18. The molecule has 0 saturated heterocycles. The molecule has 0 aliphatic heterocycles. The summed E-state index contributed by atoms with van der Waals surface area (Å²) in [7, 11) is 1.66. The molecule has 0 unspecified atom stereocenters. The lowest BCUT2D eigenvalue weighted by atomic mass is 10.1. The summed E-state index contributed by atoms with van der Waals surface area (Å²) in [5.74, 6) is 3.14. The number of benzene rings is 1. The number of fused-ring (bicyclic) bond motifs is 1. The van der Waals surface area contributed by atoms with E-state index in [0.717, 1.165) is 54.9 Å². The molecular weight excluding hydrogens is 380 g/mol. The first kappa shape index (κ1) is 21.4. The van der Waals surface area contributed by atoms with Crippen molar-refractivity contribution in [3.63, 3.8) is 0 Å². The smallest absolute Gasteiger partial charge is 0.191 e. The second kappa shape index (κ2) is 11.0. The zero-order valence-electron chi connectivity index (χ0n) is 17.9. The standard InChI is InChI=1S/C22H30N6O2/c1-4-23-22(25-16-21-27-26-20-10-6-7-14-28(20)21)24-13-8-9-17-11-12-18(29-3)19(15-17)30-5-2/h6-7,10-12,14-15H,4-5,8-9,13,16H2,1-3H3,(H2,23,24,25). The third-order valence-electron chi connectivity index (χ3n) is 4.57. The van der Waals surface area contributed by atoms with Gasteiger partial charge in [0.2, 0.25) is 0 Å². The fourth-order valence-electron chi connectivity index (χ4n) is 3.13. The molecule has 2 aromatic heterocycles. The van der Waals surface area contributed by atoms with E-state index in [-0.39, 0.29) is 0 Å². The Labute approximate surface area is 177 Å². The maximum Gasteiger partial charge on any atom is 0.191 e. The van der Waals surface area contributed by atoms with Gasteiger partial charge < -0.3 is 20.1 Å². The summed E-state index contributed by atoms with van der Waals surface area (Å²) in [4.78, 5) is 4.65. The van der Waals surface area contributed by atoms with E-state index < -0.39 is 0 Å². The van der Waals surface area contributed by atoms with E-state index in [2.05, 4.69) is 44.9 Å². The molecule has 3 aromatic rings. The van der Waals surface area contributed by atoms with Crippen LogP contribution in [0.2, 0.25) is 0 Å². The third kappa shape index (κ3) is 5.62. The number of nitrogens with one attached hydrogen (secondary N) is 2. The van der Waals surface area contributed by atoms with Crippen molar-refractivity contribution < 1.29 is 9.47 Å². The Morgan fingerprint density at radius 2 is 2.00 bits per heavy atom. The molecule has 3 rings (SSSR count). The Morgan fingerprint density at radius 1 is 1.10 bits per heavy atom. The number of hydrogen-bond acceptors (Lipinski definition) is 5. The zero-order valence-corrected chi connectivity index (χ0v) is 17.9. The van der Waals surface area contributed by atoms with Crippen LogP contribution < -0.4 is 20.1 Å². The van der Waals surface area contributed by atoms with Gasteiger partial charge in [0.05, 0.1) is 13.7 Å². The number of pyridine rings is 1. The zero-order chi connectivity index (χ0) is 21.2. The number of rotatable bonds is 10. The quantitative estimate of drug-likeness (QED) is 0.304. The van der Waals surface area contributed by atoms with Crippen molar-refractivity contribution in [1.29, 1.82) is 0 Å². The number of methoxy groups -OCH3 is 1. The summed E-state index contributed by atoms with van der Waals surface area (Å²) >= 11 is 0. The van der Waals surface area contributed by atoms with Gasteiger partial charge in [-0.25, -0.2) is 4.99 Å². The number of ether oxygens (including phenoxy) is 2. The molecule has 8 heteroatoms. The topological polar surface area (TPSA) is 85.1 Å². The normalized spacial score (nSPS) is 11.5. The van der Waals surface area contributed by atoms with Crippen LogP contribution in [-0.4, -0.2) is 47.4 Å². The van der Waals surface area contributed by atoms with E-state index in [1.54, 1.807) is 7.11 Å². The fraction of sp³-hybridized carbons (Fsp3) is 0.409. The largest absolute Gasteiger partial charge is 0.493 e. The molecule has 2 N–H and O–H groups in total. The van der Waals surface area contributed by atoms with Crippen LogP contribution in [0.1, 0.15) is 31.7 Å². The lowest BCUT2D eigenvalue weighted by molar-refractivity contribution is 0.310. The molecule has 8 nitrogen and oxygen atoms in total. The van der Waals surface area contributed by atoms with Gasteiger partial charge in [0.25, 0.3) is 0 Å². The SMILES string of the molecule is CCNC(=NCc1nnc2ccccn12)NCCCc1ccc(OC)c(OCC)c1. The second-order valence-electron chi connectivity index (χ2n) is 6.69. The molecule has 0 atom stereocenters. The monoisotopic (exact) mass is 410 g/mol. The Morgan fingerprint density at radius 3 is 2.80 bits per heavy atom. The van der Waals surface area contributed by atoms with Gasteiger partial charge >= 0.3 is 0 Å². The van der Waals surface area contributed by atoms with E-state index in [4.69, 9.17) is 9.47 Å². The molecule has 0 aliphatic carbocycles. The lowest BCUT2D eigenvalue weighted by Gasteiger charge is -2.12. The average molecular weight is 411 g/mol. The number of aliphatic imine (C=N–C) groups is 1. The van der Waals surface area contributed by atoms with Crippen LogP contribution in [0.25, 0.3) is 5.65 Å². The van der Waals surface area contributed by atoms with Gasteiger partial charge in [0.15, 0.2) is 28.9 Å². The Hall–Kier alpha value is -3.29. The van der Waals surface area contributed by atoms with Gasteiger partial charge in [-0.15, -0.1) is 10.2 Å². The van der Waals surface area contributed by atoms with Crippen LogP contribution in [0.15, 0.2) is 47.6 Å². The van der Waals surface area contributed by atoms with Gasteiger partial charge in [-0.3, -0.25) is 4.40 Å². The minimum atomic E-state index is 0.455. The van der Waals surface area contributed by atoms with Gasteiger partial charge in [-0.1, -0.05) is 12.1 Å². The maximum absolute atomic E-state index is 5.66. The molecule has 160 valence electrons. The highest BCUT2D eigenvalue weighted by Gasteiger charge is 2.07. The number of aryl methyl sites for hydroxylation is 1. The molecule has 0 spiro atoms. The molecule has 2 heterocycles. The number of hydrogen-bond donors (Lipinski definition) is 2. The number of nitrogens with zero attached hydrogens (tertiary/aromatic N) is 4. The van der Waals surface area contributed by atoms with Crippen LogP contribution >= 0.6 is 0 Å². The summed E-state index contributed by atoms with van der Waals surface area (Å²) in [6, 6.07) is 11.9. The summed E-state index contributed by atoms with van der Waals surface area (Å²) < 4.78 is 13.0. The van der Waals surface area contributed by atoms with Crippen LogP contribution in [-0.2, 0) is 13.0 Å². The van der Waals surface area contributed by atoms with Crippen molar-refractivity contribution in [2.75, 3.05) is 26.8 Å². The molecule has 1 aromatic carbocycles. The number of guanidine groups is 1. The minimum absolute atomic E-state index is 0.455. The van der Waals surface area contributed by atoms with E-state index in [1.165, 1.54) is 5.56 Å². The van der Waals surface area contributed by atoms with E-state index in [1.807, 2.05) is 41.8 Å². The van der Waals surface area contributed by atoms with Gasteiger partial charge in [0.1, 0.15) is 6.54 Å². The highest BCUT2D eigenvalue weighted by Crippen LogP contribution is 2.28. The van der Waals surface area contributed by atoms with E-state index in [0.29, 0.717) is 13.2 Å². The van der Waals surface area contributed by atoms with Crippen molar-refractivity contribution >= 4 is 11.6 Å². The van der Waals surface area contributed by atoms with Gasteiger partial charge in [-0.05, 0) is 56.5 Å². The van der Waals surface area contributed by atoms with Gasteiger partial charge in [0, 0.05) is 19.3 Å². The molecular formula is C22H30N6O2. The predicted molar refractivity (Wildman–Crippen MR) is 118 cm³/mol. The van der Waals surface area contributed by atoms with E-state index >= 15 is 0 Å². The van der Waals surface area contributed by atoms with Crippen molar-refractivity contribution in [1.82, 2.24) is 25.2 Å². The molecule has 30 heavy (non-hydrogen) atoms. The predicted octanol–water partition coefficient (Wildman–Crippen LogP) is 2.82. The first-order valence-corrected chi connectivity index (χ1v) is 10.4. The van der Waals surface area contributed by atoms with Crippen LogP contribution in [0.5, 0.6) is 11.5 Å². The van der Waals surface area contributed by atoms with E-state index in [9.17, 15) is 0 Å². The van der Waals surface area contributed by atoms with Crippen molar-refractivity contribution in [2.45, 2.75) is 33.2 Å². The van der Waals surface area contributed by atoms with Crippen molar-refractivity contribution in [3.8, 4) is 11.5 Å². The Balaban J connectivity index is 1.53. The van der Waals surface area contributed by atoms with Crippen LogP contribution in [0.4, 0.5) is 0 Å². The second-order valence-corrected chi connectivity index (χ2v) is 6.69. The first-order valence-electron chi connectivity index (χ1n) is 10.4. The molecule has 0 amide bonds. The third-order valence-corrected chi connectivity index (χ3v) is 4.57. The summed E-state index contributed by atoms with van der Waals surface area (Å²) in [6.07, 6.45) is 3.85. The molecule has 0 aliphatic rings. The lowest BCUT2D eigenvalue weighted by Crippen LogP contribution is -2.37. The molecule has 0 saturated carbocycles. The summed E-state index contributed by atoms with van der Waals surface area (Å²) in [5, 5.41) is 15.1. The van der Waals surface area contributed by atoms with Crippen molar-refractivity contribution in [3.05, 3.63) is 54.0 Å². The van der Waals surface area contributed by atoms with Crippen LogP contribution in [0.3, 0.4) is 0 Å². The van der Waals surface area contributed by atoms with Crippen molar-refractivity contribution in [2.24, 2.45) is 4.99 Å². The van der Waals surface area contributed by atoms with Crippen LogP contribution in [0, 0.1) is 0 Å².